The molecule has 0 aliphatic heterocycles. The highest BCUT2D eigenvalue weighted by molar-refractivity contribution is 6.05. The molecule has 1 aliphatic rings. The van der Waals surface area contributed by atoms with Crippen LogP contribution < -0.4 is 0 Å². The number of rotatable bonds is 10. The number of esters is 2. The van der Waals surface area contributed by atoms with E-state index < -0.39 is 17.4 Å². The second kappa shape index (κ2) is 10.2. The largest absolute Gasteiger partial charge is 0.466 e. The molecule has 5 nitrogen and oxygen atoms in total. The van der Waals surface area contributed by atoms with E-state index in [1.54, 1.807) is 0 Å². The van der Waals surface area contributed by atoms with Crippen LogP contribution in [0.2, 0.25) is 0 Å². The first-order valence-corrected chi connectivity index (χ1v) is 8.52. The van der Waals surface area contributed by atoms with E-state index in [0.717, 1.165) is 12.8 Å². The molecule has 1 fully saturated rings. The van der Waals surface area contributed by atoms with Gasteiger partial charge in [0.1, 0.15) is 17.8 Å². The molecule has 0 aromatic heterocycles. The molecule has 0 amide bonds. The minimum absolute atomic E-state index is 0.0725. The van der Waals surface area contributed by atoms with Gasteiger partial charge in [0.25, 0.3) is 0 Å². The zero-order chi connectivity index (χ0) is 17.1. The topological polar surface area (TPSA) is 69.7 Å². The van der Waals surface area contributed by atoms with Crippen molar-refractivity contribution in [2.45, 2.75) is 65.2 Å². The van der Waals surface area contributed by atoms with Crippen LogP contribution in [0.3, 0.4) is 0 Å². The summed E-state index contributed by atoms with van der Waals surface area (Å²) in [5.41, 5.74) is -1.12. The Morgan fingerprint density at radius 3 is 2.61 bits per heavy atom. The van der Waals surface area contributed by atoms with Crippen LogP contribution in [0.1, 0.15) is 65.2 Å². The van der Waals surface area contributed by atoms with E-state index in [9.17, 15) is 14.4 Å². The van der Waals surface area contributed by atoms with E-state index in [1.165, 1.54) is 19.8 Å². The molecule has 1 unspecified atom stereocenters. The van der Waals surface area contributed by atoms with Crippen LogP contribution in [-0.4, -0.2) is 30.9 Å². The molecule has 1 atom stereocenters. The Morgan fingerprint density at radius 2 is 2.00 bits per heavy atom. The summed E-state index contributed by atoms with van der Waals surface area (Å²) in [6.07, 6.45) is 10.1. The van der Waals surface area contributed by atoms with E-state index in [0.29, 0.717) is 19.3 Å². The van der Waals surface area contributed by atoms with E-state index in [2.05, 4.69) is 6.92 Å². The molecular formula is C18H28O5. The summed E-state index contributed by atoms with van der Waals surface area (Å²) in [4.78, 5) is 35.4. The zero-order valence-corrected chi connectivity index (χ0v) is 14.3. The zero-order valence-electron chi connectivity index (χ0n) is 14.3. The van der Waals surface area contributed by atoms with E-state index in [-0.39, 0.29) is 25.4 Å². The molecule has 130 valence electrons. The third-order valence-corrected chi connectivity index (χ3v) is 4.22. The van der Waals surface area contributed by atoms with Crippen molar-refractivity contribution >= 4 is 17.7 Å². The van der Waals surface area contributed by atoms with Crippen LogP contribution in [0.5, 0.6) is 0 Å². The molecule has 0 heterocycles. The van der Waals surface area contributed by atoms with Gasteiger partial charge in [-0.25, -0.2) is 0 Å². The van der Waals surface area contributed by atoms with Crippen molar-refractivity contribution < 1.29 is 23.9 Å². The first kappa shape index (κ1) is 19.4. The smallest absolute Gasteiger partial charge is 0.320 e. The highest BCUT2D eigenvalue weighted by Crippen LogP contribution is 2.39. The maximum Gasteiger partial charge on any atom is 0.320 e. The highest BCUT2D eigenvalue weighted by Gasteiger charge is 2.49. The Labute approximate surface area is 138 Å². The average Bonchev–Trinajstić information content (AvgIpc) is 2.88. The summed E-state index contributed by atoms with van der Waals surface area (Å²) in [6, 6.07) is 0. The van der Waals surface area contributed by atoms with Crippen LogP contribution in [0.25, 0.3) is 0 Å². The molecule has 23 heavy (non-hydrogen) atoms. The number of allylic oxidation sites excluding steroid dienone is 1. The molecule has 0 N–H and O–H groups in total. The number of hydrogen-bond acceptors (Lipinski definition) is 5. The Kier molecular flexibility index (Phi) is 8.59. The summed E-state index contributed by atoms with van der Waals surface area (Å²) in [5.74, 6) is -0.985. The number of carbonyl (C=O) groups excluding carboxylic acids is 3. The van der Waals surface area contributed by atoms with Crippen LogP contribution in [0.15, 0.2) is 12.2 Å². The van der Waals surface area contributed by atoms with Crippen LogP contribution >= 0.6 is 0 Å². The normalized spacial score (nSPS) is 20.9. The molecule has 0 aromatic rings. The van der Waals surface area contributed by atoms with Gasteiger partial charge in [-0.15, -0.1) is 0 Å². The van der Waals surface area contributed by atoms with Crippen molar-refractivity contribution in [3.63, 3.8) is 0 Å². The summed E-state index contributed by atoms with van der Waals surface area (Å²) in [5, 5.41) is 0. The molecule has 1 saturated carbocycles. The van der Waals surface area contributed by atoms with E-state index in [1.807, 2.05) is 12.2 Å². The first-order valence-electron chi connectivity index (χ1n) is 8.52. The van der Waals surface area contributed by atoms with Crippen molar-refractivity contribution in [1.29, 1.82) is 0 Å². The standard InChI is InChI=1S/C18H28O5/c1-3-4-5-6-7-8-13-23-17(21)18(11-9-10-16(18)20)12-14-22-15(2)19/h7-8H,3-6,9-14H2,1-2H3. The minimum Gasteiger partial charge on any atom is -0.466 e. The molecule has 1 aliphatic carbocycles. The van der Waals surface area contributed by atoms with E-state index in [4.69, 9.17) is 9.47 Å². The van der Waals surface area contributed by atoms with Crippen molar-refractivity contribution in [2.24, 2.45) is 5.41 Å². The predicted octanol–water partition coefficient (Wildman–Crippen LogP) is 3.36. The third-order valence-electron chi connectivity index (χ3n) is 4.22. The molecule has 0 bridgehead atoms. The minimum atomic E-state index is -1.12. The number of unbranched alkanes of at least 4 members (excludes halogenated alkanes) is 3. The molecular weight excluding hydrogens is 296 g/mol. The fourth-order valence-corrected chi connectivity index (χ4v) is 2.84. The second-order valence-corrected chi connectivity index (χ2v) is 6.01. The van der Waals surface area contributed by atoms with Gasteiger partial charge in [-0.1, -0.05) is 31.9 Å². The van der Waals surface area contributed by atoms with Gasteiger partial charge in [0, 0.05) is 19.8 Å². The Hall–Kier alpha value is -1.65. The van der Waals surface area contributed by atoms with Crippen LogP contribution in [0, 0.1) is 5.41 Å². The summed E-state index contributed by atoms with van der Waals surface area (Å²) >= 11 is 0. The first-order chi connectivity index (χ1) is 11.0. The van der Waals surface area contributed by atoms with Gasteiger partial charge < -0.3 is 9.47 Å². The lowest BCUT2D eigenvalue weighted by atomic mass is 9.82. The Balaban J connectivity index is 2.46. The van der Waals surface area contributed by atoms with Crippen LogP contribution in [0.4, 0.5) is 0 Å². The van der Waals surface area contributed by atoms with Gasteiger partial charge in [0.05, 0.1) is 6.61 Å². The molecule has 5 heteroatoms. The monoisotopic (exact) mass is 324 g/mol. The van der Waals surface area contributed by atoms with Gasteiger partial charge in [-0.3, -0.25) is 14.4 Å². The average molecular weight is 324 g/mol. The van der Waals surface area contributed by atoms with Crippen molar-refractivity contribution in [3.05, 3.63) is 12.2 Å². The molecule has 0 aromatic carbocycles. The fourth-order valence-electron chi connectivity index (χ4n) is 2.84. The Bertz CT molecular complexity index is 441. The number of carbonyl (C=O) groups is 3. The van der Waals surface area contributed by atoms with Gasteiger partial charge in [0.2, 0.25) is 0 Å². The summed E-state index contributed by atoms with van der Waals surface area (Å²) in [6.45, 7) is 3.72. The predicted molar refractivity (Wildman–Crippen MR) is 86.8 cm³/mol. The number of hydrogen-bond donors (Lipinski definition) is 0. The van der Waals surface area contributed by atoms with Crippen molar-refractivity contribution in [2.75, 3.05) is 13.2 Å². The quantitative estimate of drug-likeness (QED) is 0.267. The van der Waals surface area contributed by atoms with Gasteiger partial charge in [-0.05, 0) is 25.7 Å². The third kappa shape index (κ3) is 6.16. The maximum atomic E-state index is 12.4. The molecule has 1 rings (SSSR count). The highest BCUT2D eigenvalue weighted by atomic mass is 16.5. The number of ether oxygens (including phenoxy) is 2. The van der Waals surface area contributed by atoms with Crippen LogP contribution in [-0.2, 0) is 23.9 Å². The maximum absolute atomic E-state index is 12.4. The number of Topliss-reactive ketones (excluding diaryl/α,β-unsaturated/α-hetero) is 1. The molecule has 0 saturated heterocycles. The van der Waals surface area contributed by atoms with Gasteiger partial charge in [-0.2, -0.15) is 0 Å². The van der Waals surface area contributed by atoms with Gasteiger partial charge in [0.15, 0.2) is 0 Å². The number of ketones is 1. The lowest BCUT2D eigenvalue weighted by Crippen LogP contribution is -2.38. The second-order valence-electron chi connectivity index (χ2n) is 6.01. The summed E-state index contributed by atoms with van der Waals surface area (Å²) in [7, 11) is 0. The fraction of sp³-hybridized carbons (Fsp3) is 0.722. The van der Waals surface area contributed by atoms with Gasteiger partial charge >= 0.3 is 11.9 Å². The SMILES string of the molecule is CCCCCC=CCOC(=O)C1(CCOC(C)=O)CCCC1=O. The molecule has 0 spiro atoms. The molecule has 0 radical (unpaired) electrons. The van der Waals surface area contributed by atoms with Crippen molar-refractivity contribution in [1.82, 2.24) is 0 Å². The van der Waals surface area contributed by atoms with Crippen molar-refractivity contribution in [3.8, 4) is 0 Å². The lowest BCUT2D eigenvalue weighted by molar-refractivity contribution is -0.161. The summed E-state index contributed by atoms with van der Waals surface area (Å²) < 4.78 is 10.2. The van der Waals surface area contributed by atoms with E-state index >= 15 is 0 Å². The lowest BCUT2D eigenvalue weighted by Gasteiger charge is -2.24. The Morgan fingerprint density at radius 1 is 1.22 bits per heavy atom.